The average molecular weight is 365 g/mol. The molecule has 0 aliphatic rings. The van der Waals surface area contributed by atoms with Crippen LogP contribution < -0.4 is 0 Å². The van der Waals surface area contributed by atoms with Crippen LogP contribution in [0.4, 0.5) is 0 Å². The molecule has 0 amide bonds. The maximum atomic E-state index is 11.0. The summed E-state index contributed by atoms with van der Waals surface area (Å²) < 4.78 is 0. The topological polar surface area (TPSA) is 20.2 Å². The SMILES string of the molecule is CC=C(CCCC)c1ccc(C)cc1Cc1cc(C)cc(C(C)(C)C)c1O. The highest BCUT2D eigenvalue weighted by Crippen LogP contribution is 2.36. The Kier molecular flexibility index (Phi) is 6.92. The summed E-state index contributed by atoms with van der Waals surface area (Å²) >= 11 is 0. The summed E-state index contributed by atoms with van der Waals surface area (Å²) in [7, 11) is 0. The van der Waals surface area contributed by atoms with Crippen molar-refractivity contribution in [3.05, 3.63) is 69.8 Å². The molecule has 0 bridgehead atoms. The second-order valence-corrected chi connectivity index (χ2v) is 8.83. The molecule has 0 saturated carbocycles. The molecule has 2 aromatic rings. The van der Waals surface area contributed by atoms with Crippen molar-refractivity contribution < 1.29 is 5.11 Å². The van der Waals surface area contributed by atoms with Gasteiger partial charge in [-0.1, -0.05) is 81.7 Å². The third-order valence-electron chi connectivity index (χ3n) is 5.28. The van der Waals surface area contributed by atoms with E-state index < -0.39 is 0 Å². The number of unbranched alkanes of at least 4 members (excludes halogenated alkanes) is 1. The van der Waals surface area contributed by atoms with Crippen LogP contribution >= 0.6 is 0 Å². The van der Waals surface area contributed by atoms with E-state index in [1.165, 1.54) is 40.7 Å². The Morgan fingerprint density at radius 1 is 1.00 bits per heavy atom. The lowest BCUT2D eigenvalue weighted by Crippen LogP contribution is -2.13. The van der Waals surface area contributed by atoms with E-state index in [4.69, 9.17) is 0 Å². The highest BCUT2D eigenvalue weighted by atomic mass is 16.3. The van der Waals surface area contributed by atoms with E-state index in [0.29, 0.717) is 5.75 Å². The number of benzene rings is 2. The molecule has 0 saturated heterocycles. The minimum atomic E-state index is -0.0735. The van der Waals surface area contributed by atoms with Crippen LogP contribution in [-0.4, -0.2) is 5.11 Å². The second kappa shape index (κ2) is 8.78. The van der Waals surface area contributed by atoms with Gasteiger partial charge in [0.2, 0.25) is 0 Å². The molecule has 27 heavy (non-hydrogen) atoms. The van der Waals surface area contributed by atoms with Crippen molar-refractivity contribution in [1.29, 1.82) is 0 Å². The number of phenolic OH excluding ortho intramolecular Hbond substituents is 1. The third-order valence-corrected chi connectivity index (χ3v) is 5.28. The number of hydrogen-bond donors (Lipinski definition) is 1. The van der Waals surface area contributed by atoms with E-state index in [0.717, 1.165) is 24.0 Å². The molecule has 2 rings (SSSR count). The van der Waals surface area contributed by atoms with Gasteiger partial charge < -0.3 is 5.11 Å². The van der Waals surface area contributed by atoms with Gasteiger partial charge in [-0.25, -0.2) is 0 Å². The van der Waals surface area contributed by atoms with E-state index in [1.54, 1.807) is 0 Å². The normalized spacial score (nSPS) is 12.5. The summed E-state index contributed by atoms with van der Waals surface area (Å²) in [5.41, 5.74) is 8.50. The lowest BCUT2D eigenvalue weighted by atomic mass is 9.82. The summed E-state index contributed by atoms with van der Waals surface area (Å²) in [6.07, 6.45) is 6.52. The Hall–Kier alpha value is -2.02. The summed E-state index contributed by atoms with van der Waals surface area (Å²) in [6.45, 7) is 15.1. The Balaban J connectivity index is 2.52. The minimum Gasteiger partial charge on any atom is -0.507 e. The predicted molar refractivity (Wildman–Crippen MR) is 119 cm³/mol. The lowest BCUT2D eigenvalue weighted by Gasteiger charge is -2.23. The van der Waals surface area contributed by atoms with Crippen molar-refractivity contribution in [3.63, 3.8) is 0 Å². The van der Waals surface area contributed by atoms with Crippen molar-refractivity contribution in [2.24, 2.45) is 0 Å². The van der Waals surface area contributed by atoms with Gasteiger partial charge in [0.25, 0.3) is 0 Å². The number of rotatable bonds is 6. The van der Waals surface area contributed by atoms with E-state index in [2.05, 4.69) is 84.9 Å². The molecular formula is C26H36O. The maximum absolute atomic E-state index is 11.0. The molecule has 0 aliphatic heterocycles. The van der Waals surface area contributed by atoms with Crippen LogP contribution in [0.15, 0.2) is 36.4 Å². The van der Waals surface area contributed by atoms with Crippen molar-refractivity contribution in [2.45, 2.75) is 79.6 Å². The number of aryl methyl sites for hydroxylation is 2. The molecule has 146 valence electrons. The molecule has 0 radical (unpaired) electrons. The molecule has 0 unspecified atom stereocenters. The number of hydrogen-bond acceptors (Lipinski definition) is 1. The Labute approximate surface area is 166 Å². The van der Waals surface area contributed by atoms with Gasteiger partial charge >= 0.3 is 0 Å². The Morgan fingerprint density at radius 3 is 2.26 bits per heavy atom. The molecular weight excluding hydrogens is 328 g/mol. The van der Waals surface area contributed by atoms with Crippen molar-refractivity contribution >= 4 is 5.57 Å². The molecule has 0 atom stereocenters. The van der Waals surface area contributed by atoms with Crippen LogP contribution in [0.3, 0.4) is 0 Å². The maximum Gasteiger partial charge on any atom is 0.122 e. The second-order valence-electron chi connectivity index (χ2n) is 8.83. The van der Waals surface area contributed by atoms with E-state index in [-0.39, 0.29) is 5.41 Å². The molecule has 2 aromatic carbocycles. The Morgan fingerprint density at radius 2 is 1.67 bits per heavy atom. The molecule has 0 fully saturated rings. The monoisotopic (exact) mass is 364 g/mol. The fourth-order valence-corrected chi connectivity index (χ4v) is 3.75. The molecule has 0 aliphatic carbocycles. The predicted octanol–water partition coefficient (Wildman–Crippen LogP) is 7.49. The van der Waals surface area contributed by atoms with Gasteiger partial charge in [0.05, 0.1) is 0 Å². The van der Waals surface area contributed by atoms with E-state index in [1.807, 2.05) is 0 Å². The molecule has 0 spiro atoms. The number of aromatic hydroxyl groups is 1. The fraction of sp³-hybridized carbons (Fsp3) is 0.462. The minimum absolute atomic E-state index is 0.0735. The first-order chi connectivity index (χ1) is 12.7. The van der Waals surface area contributed by atoms with Gasteiger partial charge in [0.1, 0.15) is 5.75 Å². The molecule has 0 aromatic heterocycles. The smallest absolute Gasteiger partial charge is 0.122 e. The van der Waals surface area contributed by atoms with Gasteiger partial charge in [0, 0.05) is 6.42 Å². The molecule has 1 heteroatoms. The number of allylic oxidation sites excluding steroid dienone is 2. The Bertz CT molecular complexity index is 819. The largest absolute Gasteiger partial charge is 0.507 e. The summed E-state index contributed by atoms with van der Waals surface area (Å²) in [5, 5.41) is 11.0. The summed E-state index contributed by atoms with van der Waals surface area (Å²) in [5.74, 6) is 0.455. The first kappa shape index (κ1) is 21.3. The van der Waals surface area contributed by atoms with Crippen LogP contribution in [0, 0.1) is 13.8 Å². The van der Waals surface area contributed by atoms with Crippen LogP contribution in [0.1, 0.15) is 87.3 Å². The standard InChI is InChI=1S/C26H36O/c1-8-10-11-20(9-2)23-13-12-18(3)14-21(23)17-22-15-19(4)16-24(25(22)27)26(5,6)7/h9,12-16,27H,8,10-11,17H2,1-7H3. The van der Waals surface area contributed by atoms with Gasteiger partial charge in [-0.2, -0.15) is 0 Å². The fourth-order valence-electron chi connectivity index (χ4n) is 3.75. The van der Waals surface area contributed by atoms with Crippen molar-refractivity contribution in [3.8, 4) is 5.75 Å². The zero-order valence-electron chi connectivity index (χ0n) is 18.2. The van der Waals surface area contributed by atoms with Gasteiger partial charge in [-0.05, 0) is 66.9 Å². The molecule has 0 heterocycles. The van der Waals surface area contributed by atoms with Crippen LogP contribution in [-0.2, 0) is 11.8 Å². The highest BCUT2D eigenvalue weighted by Gasteiger charge is 2.21. The van der Waals surface area contributed by atoms with Crippen LogP contribution in [0.25, 0.3) is 5.57 Å². The zero-order chi connectivity index (χ0) is 20.2. The molecule has 1 N–H and O–H groups in total. The van der Waals surface area contributed by atoms with Crippen LogP contribution in [0.2, 0.25) is 0 Å². The highest BCUT2D eigenvalue weighted by molar-refractivity contribution is 5.69. The van der Waals surface area contributed by atoms with E-state index in [9.17, 15) is 5.11 Å². The number of phenols is 1. The van der Waals surface area contributed by atoms with Gasteiger partial charge in [-0.3, -0.25) is 0 Å². The molecule has 1 nitrogen and oxygen atoms in total. The first-order valence-electron chi connectivity index (χ1n) is 10.3. The quantitative estimate of drug-likeness (QED) is 0.563. The summed E-state index contributed by atoms with van der Waals surface area (Å²) in [4.78, 5) is 0. The van der Waals surface area contributed by atoms with Crippen molar-refractivity contribution in [1.82, 2.24) is 0 Å². The van der Waals surface area contributed by atoms with E-state index >= 15 is 0 Å². The average Bonchev–Trinajstić information content (AvgIpc) is 2.59. The third kappa shape index (κ3) is 5.25. The van der Waals surface area contributed by atoms with Crippen LogP contribution in [0.5, 0.6) is 5.75 Å². The van der Waals surface area contributed by atoms with Crippen molar-refractivity contribution in [2.75, 3.05) is 0 Å². The van der Waals surface area contributed by atoms with Gasteiger partial charge in [-0.15, -0.1) is 0 Å². The summed E-state index contributed by atoms with van der Waals surface area (Å²) in [6, 6.07) is 11.0. The van der Waals surface area contributed by atoms with Gasteiger partial charge in [0.15, 0.2) is 0 Å². The zero-order valence-corrected chi connectivity index (χ0v) is 18.2. The first-order valence-corrected chi connectivity index (χ1v) is 10.3. The lowest BCUT2D eigenvalue weighted by molar-refractivity contribution is 0.441.